The molecule has 0 fully saturated rings. The molecular formula is C56H38F3N3. The van der Waals surface area contributed by atoms with Crippen molar-refractivity contribution in [2.24, 2.45) is 0 Å². The fourth-order valence-electron chi connectivity index (χ4n) is 9.05. The predicted molar refractivity (Wildman–Crippen MR) is 249 cm³/mol. The SMILES string of the molecule is Cc1ccc(-c2ccc3c4ccccc4n(-c4cc(C(F)(F)F)cc(-n5c6ccccc6c6ccc(-c7ccc(C)cc7)cc65)c4-c4cccc(-c5ccccc5)n4)c3c2)cc1. The lowest BCUT2D eigenvalue weighted by Gasteiger charge is -2.22. The van der Waals surface area contributed by atoms with Gasteiger partial charge in [-0.2, -0.15) is 13.2 Å². The number of rotatable bonds is 6. The molecule has 8 aromatic carbocycles. The molecule has 298 valence electrons. The van der Waals surface area contributed by atoms with Gasteiger partial charge >= 0.3 is 6.18 Å². The summed E-state index contributed by atoms with van der Waals surface area (Å²) in [5, 5.41) is 3.75. The molecule has 6 heteroatoms. The van der Waals surface area contributed by atoms with Crippen molar-refractivity contribution in [2.75, 3.05) is 0 Å². The van der Waals surface area contributed by atoms with Gasteiger partial charge in [0.25, 0.3) is 0 Å². The molecule has 11 rings (SSSR count). The number of hydrogen-bond donors (Lipinski definition) is 0. The molecule has 0 saturated carbocycles. The van der Waals surface area contributed by atoms with Gasteiger partial charge in [-0.15, -0.1) is 0 Å². The smallest absolute Gasteiger partial charge is 0.308 e. The van der Waals surface area contributed by atoms with E-state index in [1.54, 1.807) is 0 Å². The van der Waals surface area contributed by atoms with Crippen LogP contribution in [0, 0.1) is 13.8 Å². The van der Waals surface area contributed by atoms with Gasteiger partial charge in [0.15, 0.2) is 0 Å². The number of benzene rings is 8. The highest BCUT2D eigenvalue weighted by Crippen LogP contribution is 2.46. The van der Waals surface area contributed by atoms with Crippen molar-refractivity contribution in [1.82, 2.24) is 14.1 Å². The largest absolute Gasteiger partial charge is 0.416 e. The maximum absolute atomic E-state index is 15.7. The van der Waals surface area contributed by atoms with E-state index in [1.165, 1.54) is 12.1 Å². The van der Waals surface area contributed by atoms with Gasteiger partial charge in [-0.05, 0) is 84.6 Å². The molecule has 0 unspecified atom stereocenters. The van der Waals surface area contributed by atoms with Crippen molar-refractivity contribution >= 4 is 43.6 Å². The fourth-order valence-corrected chi connectivity index (χ4v) is 9.05. The third-order valence-electron chi connectivity index (χ3n) is 12.1. The van der Waals surface area contributed by atoms with Crippen LogP contribution in [-0.4, -0.2) is 14.1 Å². The van der Waals surface area contributed by atoms with Crippen LogP contribution in [0.3, 0.4) is 0 Å². The monoisotopic (exact) mass is 809 g/mol. The average molecular weight is 810 g/mol. The zero-order chi connectivity index (χ0) is 42.1. The Morgan fingerprint density at radius 3 is 1.31 bits per heavy atom. The zero-order valence-corrected chi connectivity index (χ0v) is 34.0. The number of fused-ring (bicyclic) bond motifs is 6. The van der Waals surface area contributed by atoms with E-state index in [4.69, 9.17) is 4.98 Å². The van der Waals surface area contributed by atoms with Gasteiger partial charge in [0.05, 0.1) is 50.4 Å². The standard InChI is InChI=1S/C56H38F3N3/c1-35-19-23-37(24-20-35)40-27-29-45-43-13-6-8-17-49(43)61(51(45)31-40)53-33-42(56(57,58)59)34-54(55(53)48-16-10-15-47(60-48)39-11-4-3-5-12-39)62-50-18-9-7-14-44(50)46-30-28-41(32-52(46)62)38-25-21-36(2)22-26-38/h3-34H,1-2H3. The Bertz CT molecular complexity index is 3320. The fraction of sp³-hybridized carbons (Fsp3) is 0.0536. The van der Waals surface area contributed by atoms with Gasteiger partial charge < -0.3 is 9.13 Å². The molecule has 0 aliphatic rings. The first kappa shape index (κ1) is 37.3. The molecule has 3 nitrogen and oxygen atoms in total. The summed E-state index contributed by atoms with van der Waals surface area (Å²) in [4.78, 5) is 5.31. The maximum Gasteiger partial charge on any atom is 0.416 e. The molecule has 0 radical (unpaired) electrons. The van der Waals surface area contributed by atoms with Gasteiger partial charge in [0.2, 0.25) is 0 Å². The van der Waals surface area contributed by atoms with Crippen LogP contribution in [0.4, 0.5) is 13.2 Å². The third kappa shape index (κ3) is 6.26. The Labute approximate surface area is 356 Å². The highest BCUT2D eigenvalue weighted by molar-refractivity contribution is 6.13. The van der Waals surface area contributed by atoms with E-state index in [1.807, 2.05) is 106 Å². The minimum absolute atomic E-state index is 0.375. The average Bonchev–Trinajstić information content (AvgIpc) is 3.81. The second-order valence-electron chi connectivity index (χ2n) is 16.1. The Kier molecular flexibility index (Phi) is 8.72. The van der Waals surface area contributed by atoms with E-state index >= 15 is 13.2 Å². The first-order chi connectivity index (χ1) is 30.2. The summed E-state index contributed by atoms with van der Waals surface area (Å²) in [7, 11) is 0. The van der Waals surface area contributed by atoms with Crippen LogP contribution >= 0.6 is 0 Å². The van der Waals surface area contributed by atoms with E-state index < -0.39 is 11.7 Å². The van der Waals surface area contributed by atoms with Crippen molar-refractivity contribution in [3.05, 3.63) is 211 Å². The maximum atomic E-state index is 15.7. The summed E-state index contributed by atoms with van der Waals surface area (Å²) in [6.07, 6.45) is -4.68. The molecule has 11 aromatic rings. The molecule has 0 spiro atoms. The lowest BCUT2D eigenvalue weighted by molar-refractivity contribution is -0.137. The van der Waals surface area contributed by atoms with Crippen LogP contribution in [0.25, 0.3) is 99.8 Å². The van der Waals surface area contributed by atoms with Crippen LogP contribution in [0.2, 0.25) is 0 Å². The minimum atomic E-state index is -4.68. The molecule has 0 aliphatic carbocycles. The number of nitrogens with zero attached hydrogens (tertiary/aromatic N) is 3. The lowest BCUT2D eigenvalue weighted by atomic mass is 9.99. The van der Waals surface area contributed by atoms with Crippen molar-refractivity contribution in [1.29, 1.82) is 0 Å². The lowest BCUT2D eigenvalue weighted by Crippen LogP contribution is -2.11. The normalized spacial score (nSPS) is 12.0. The number of halogens is 3. The quantitative estimate of drug-likeness (QED) is 0.164. The molecule has 0 aliphatic heterocycles. The number of pyridine rings is 1. The van der Waals surface area contributed by atoms with Crippen LogP contribution in [0.15, 0.2) is 194 Å². The number of para-hydroxylation sites is 2. The number of hydrogen-bond acceptors (Lipinski definition) is 1. The van der Waals surface area contributed by atoms with E-state index in [2.05, 4.69) is 98.8 Å². The summed E-state index contributed by atoms with van der Waals surface area (Å²) in [5.74, 6) is 0. The van der Waals surface area contributed by atoms with E-state index in [0.29, 0.717) is 28.3 Å². The first-order valence-electron chi connectivity index (χ1n) is 20.7. The van der Waals surface area contributed by atoms with Gasteiger partial charge in [0, 0.05) is 32.7 Å². The number of alkyl halides is 3. The first-order valence-corrected chi connectivity index (χ1v) is 20.7. The van der Waals surface area contributed by atoms with Gasteiger partial charge in [-0.25, -0.2) is 4.98 Å². The van der Waals surface area contributed by atoms with Gasteiger partial charge in [-0.1, -0.05) is 157 Å². The number of aromatic nitrogens is 3. The van der Waals surface area contributed by atoms with Crippen molar-refractivity contribution in [3.63, 3.8) is 0 Å². The highest BCUT2D eigenvalue weighted by atomic mass is 19.4. The Balaban J connectivity index is 1.31. The molecule has 0 N–H and O–H groups in total. The molecule has 0 saturated heterocycles. The second-order valence-corrected chi connectivity index (χ2v) is 16.1. The molecule has 0 amide bonds. The minimum Gasteiger partial charge on any atom is -0.308 e. The van der Waals surface area contributed by atoms with Crippen molar-refractivity contribution in [2.45, 2.75) is 20.0 Å². The third-order valence-corrected chi connectivity index (χ3v) is 12.1. The Morgan fingerprint density at radius 2 is 0.806 bits per heavy atom. The molecule has 62 heavy (non-hydrogen) atoms. The van der Waals surface area contributed by atoms with Crippen LogP contribution in [-0.2, 0) is 6.18 Å². The number of aryl methyl sites for hydroxylation is 2. The summed E-state index contributed by atoms with van der Waals surface area (Å²) in [5.41, 5.74) is 12.2. The molecule has 3 heterocycles. The Morgan fingerprint density at radius 1 is 0.371 bits per heavy atom. The van der Waals surface area contributed by atoms with Crippen LogP contribution in [0.5, 0.6) is 0 Å². The summed E-state index contributed by atoms with van der Waals surface area (Å²) in [6.45, 7) is 4.11. The van der Waals surface area contributed by atoms with Gasteiger partial charge in [-0.3, -0.25) is 0 Å². The van der Waals surface area contributed by atoms with E-state index in [-0.39, 0.29) is 0 Å². The topological polar surface area (TPSA) is 22.8 Å². The van der Waals surface area contributed by atoms with Gasteiger partial charge in [0.1, 0.15) is 0 Å². The molecular weight excluding hydrogens is 772 g/mol. The molecule has 0 bridgehead atoms. The summed E-state index contributed by atoms with van der Waals surface area (Å²) >= 11 is 0. The van der Waals surface area contributed by atoms with Crippen molar-refractivity contribution < 1.29 is 13.2 Å². The summed E-state index contributed by atoms with van der Waals surface area (Å²) in [6, 6.07) is 63.5. The highest BCUT2D eigenvalue weighted by Gasteiger charge is 2.34. The van der Waals surface area contributed by atoms with Crippen LogP contribution < -0.4 is 0 Å². The van der Waals surface area contributed by atoms with E-state index in [9.17, 15) is 0 Å². The zero-order valence-electron chi connectivity index (χ0n) is 34.0. The second kappa shape index (κ2) is 14.5. The van der Waals surface area contributed by atoms with Crippen molar-refractivity contribution in [3.8, 4) is 56.1 Å². The molecule has 3 aromatic heterocycles. The summed E-state index contributed by atoms with van der Waals surface area (Å²) < 4.78 is 51.2. The molecule has 0 atom stereocenters. The predicted octanol–water partition coefficient (Wildman–Crippen LogP) is 15.6. The Hall–Kier alpha value is -7.70. The van der Waals surface area contributed by atoms with Crippen LogP contribution in [0.1, 0.15) is 16.7 Å². The van der Waals surface area contributed by atoms with E-state index in [0.717, 1.165) is 82.6 Å².